The molecular weight excluding hydrogens is 258 g/mol. The Bertz CT molecular complexity index is 388. The molecule has 2 fully saturated rings. The van der Waals surface area contributed by atoms with Crippen LogP contribution in [0.1, 0.15) is 53.4 Å². The van der Waals surface area contributed by atoms with E-state index in [1.54, 1.807) is 0 Å². The van der Waals surface area contributed by atoms with Gasteiger partial charge in [-0.1, -0.05) is 0 Å². The topological polar surface area (TPSA) is 55.8 Å². The van der Waals surface area contributed by atoms with Gasteiger partial charge in [0.05, 0.1) is 0 Å². The van der Waals surface area contributed by atoms with Crippen LogP contribution in [0.3, 0.4) is 0 Å². The van der Waals surface area contributed by atoms with Crippen LogP contribution in [-0.2, 0) is 14.3 Å². The Balaban J connectivity index is 2.02. The summed E-state index contributed by atoms with van der Waals surface area (Å²) in [7, 11) is 0. The molecule has 20 heavy (non-hydrogen) atoms. The summed E-state index contributed by atoms with van der Waals surface area (Å²) in [5.74, 6) is 0.0338. The molecule has 0 radical (unpaired) electrons. The number of rotatable bonds is 1. The van der Waals surface area contributed by atoms with Crippen molar-refractivity contribution in [3.8, 4) is 0 Å². The van der Waals surface area contributed by atoms with Crippen LogP contribution < -0.4 is 0 Å². The SMILES string of the molecule is CC(=O)OC1CCCC2C1CCN2C(=O)OC(C)(C)C. The number of esters is 1. The average molecular weight is 283 g/mol. The van der Waals surface area contributed by atoms with Gasteiger partial charge in [0.15, 0.2) is 0 Å². The van der Waals surface area contributed by atoms with Crippen LogP contribution in [0.15, 0.2) is 0 Å². The van der Waals surface area contributed by atoms with Crippen LogP contribution in [0.2, 0.25) is 0 Å². The highest BCUT2D eigenvalue weighted by Gasteiger charge is 2.45. The Hall–Kier alpha value is -1.26. The van der Waals surface area contributed by atoms with E-state index < -0.39 is 5.60 Å². The van der Waals surface area contributed by atoms with Crippen LogP contribution in [0.4, 0.5) is 4.79 Å². The Labute approximate surface area is 120 Å². The Morgan fingerprint density at radius 3 is 2.45 bits per heavy atom. The molecule has 1 saturated carbocycles. The lowest BCUT2D eigenvalue weighted by molar-refractivity contribution is -0.151. The summed E-state index contributed by atoms with van der Waals surface area (Å²) in [5, 5.41) is 0. The van der Waals surface area contributed by atoms with Gasteiger partial charge in [-0.3, -0.25) is 4.79 Å². The van der Waals surface area contributed by atoms with E-state index in [1.165, 1.54) is 6.92 Å². The molecule has 2 rings (SSSR count). The fourth-order valence-electron chi connectivity index (χ4n) is 3.33. The number of carbonyl (C=O) groups excluding carboxylic acids is 2. The summed E-state index contributed by atoms with van der Waals surface area (Å²) in [6.07, 6.45) is 3.47. The Morgan fingerprint density at radius 1 is 1.15 bits per heavy atom. The lowest BCUT2D eigenvalue weighted by Gasteiger charge is -2.36. The Morgan fingerprint density at radius 2 is 1.85 bits per heavy atom. The van der Waals surface area contributed by atoms with Gasteiger partial charge in [0.25, 0.3) is 0 Å². The van der Waals surface area contributed by atoms with Gasteiger partial charge in [-0.2, -0.15) is 0 Å². The minimum Gasteiger partial charge on any atom is -0.462 e. The zero-order chi connectivity index (χ0) is 14.9. The van der Waals surface area contributed by atoms with E-state index in [0.29, 0.717) is 6.54 Å². The minimum atomic E-state index is -0.473. The standard InChI is InChI=1S/C15H25NO4/c1-10(17)19-13-7-5-6-12-11(13)8-9-16(12)14(18)20-15(2,3)4/h11-13H,5-9H2,1-4H3. The highest BCUT2D eigenvalue weighted by Crippen LogP contribution is 2.38. The molecule has 1 aliphatic heterocycles. The molecule has 5 heteroatoms. The number of carbonyl (C=O) groups is 2. The second-order valence-corrected chi connectivity index (χ2v) is 6.77. The minimum absolute atomic E-state index is 0.0429. The molecular formula is C15H25NO4. The third-order valence-electron chi connectivity index (χ3n) is 4.01. The van der Waals surface area contributed by atoms with Crippen LogP contribution >= 0.6 is 0 Å². The first-order chi connectivity index (χ1) is 9.28. The molecule has 1 amide bonds. The summed E-state index contributed by atoms with van der Waals surface area (Å²) in [6.45, 7) is 7.77. The third kappa shape index (κ3) is 3.44. The summed E-state index contributed by atoms with van der Waals surface area (Å²) in [4.78, 5) is 25.2. The lowest BCUT2D eigenvalue weighted by Crippen LogP contribution is -2.46. The van der Waals surface area contributed by atoms with Gasteiger partial charge >= 0.3 is 12.1 Å². The van der Waals surface area contributed by atoms with Crippen molar-refractivity contribution in [2.75, 3.05) is 6.54 Å². The predicted octanol–water partition coefficient (Wildman–Crippen LogP) is 2.73. The number of likely N-dealkylation sites (tertiary alicyclic amines) is 1. The molecule has 2 aliphatic rings. The first kappa shape index (κ1) is 15.1. The van der Waals surface area contributed by atoms with Crippen molar-refractivity contribution in [3.05, 3.63) is 0 Å². The van der Waals surface area contributed by atoms with Crippen molar-refractivity contribution in [2.45, 2.75) is 71.1 Å². The van der Waals surface area contributed by atoms with E-state index in [2.05, 4.69) is 0 Å². The molecule has 3 unspecified atom stereocenters. The highest BCUT2D eigenvalue weighted by atomic mass is 16.6. The fraction of sp³-hybridized carbons (Fsp3) is 0.867. The number of fused-ring (bicyclic) bond motifs is 1. The van der Waals surface area contributed by atoms with Crippen molar-refractivity contribution < 1.29 is 19.1 Å². The molecule has 1 aliphatic carbocycles. The van der Waals surface area contributed by atoms with Crippen molar-refractivity contribution >= 4 is 12.1 Å². The summed E-state index contributed by atoms with van der Waals surface area (Å²) in [6, 6.07) is 0.156. The molecule has 0 aromatic rings. The average Bonchev–Trinajstić information content (AvgIpc) is 2.70. The summed E-state index contributed by atoms with van der Waals surface area (Å²) < 4.78 is 10.9. The number of amides is 1. The van der Waals surface area contributed by atoms with Gasteiger partial charge < -0.3 is 14.4 Å². The molecule has 3 atom stereocenters. The number of nitrogens with zero attached hydrogens (tertiary/aromatic N) is 1. The summed E-state index contributed by atoms with van der Waals surface area (Å²) >= 11 is 0. The van der Waals surface area contributed by atoms with Gasteiger partial charge in [0, 0.05) is 25.4 Å². The predicted molar refractivity (Wildman–Crippen MR) is 74.2 cm³/mol. The smallest absolute Gasteiger partial charge is 0.410 e. The lowest BCUT2D eigenvalue weighted by atomic mass is 9.82. The molecule has 0 aromatic heterocycles. The maximum absolute atomic E-state index is 12.2. The number of ether oxygens (including phenoxy) is 2. The van der Waals surface area contributed by atoms with E-state index >= 15 is 0 Å². The maximum Gasteiger partial charge on any atom is 0.410 e. The molecule has 0 spiro atoms. The van der Waals surface area contributed by atoms with Gasteiger partial charge in [0.2, 0.25) is 0 Å². The van der Waals surface area contributed by atoms with E-state index in [-0.39, 0.29) is 30.1 Å². The van der Waals surface area contributed by atoms with Crippen LogP contribution in [0, 0.1) is 5.92 Å². The van der Waals surface area contributed by atoms with Gasteiger partial charge in [0.1, 0.15) is 11.7 Å². The molecule has 0 bridgehead atoms. The fourth-order valence-corrected chi connectivity index (χ4v) is 3.33. The van der Waals surface area contributed by atoms with E-state index in [1.807, 2.05) is 25.7 Å². The maximum atomic E-state index is 12.2. The molecule has 114 valence electrons. The quantitative estimate of drug-likeness (QED) is 0.694. The Kier molecular flexibility index (Phi) is 4.25. The van der Waals surface area contributed by atoms with Crippen LogP contribution in [0.5, 0.6) is 0 Å². The summed E-state index contributed by atoms with van der Waals surface area (Å²) in [5.41, 5.74) is -0.473. The van der Waals surface area contributed by atoms with Crippen molar-refractivity contribution in [3.63, 3.8) is 0 Å². The van der Waals surface area contributed by atoms with Crippen LogP contribution in [0.25, 0.3) is 0 Å². The van der Waals surface area contributed by atoms with Crippen molar-refractivity contribution in [2.24, 2.45) is 5.92 Å². The zero-order valence-corrected chi connectivity index (χ0v) is 12.8. The number of hydrogen-bond acceptors (Lipinski definition) is 4. The van der Waals surface area contributed by atoms with E-state index in [4.69, 9.17) is 9.47 Å². The van der Waals surface area contributed by atoms with Crippen molar-refractivity contribution in [1.82, 2.24) is 4.90 Å². The monoisotopic (exact) mass is 283 g/mol. The first-order valence-corrected chi connectivity index (χ1v) is 7.45. The number of hydrogen-bond donors (Lipinski definition) is 0. The molecule has 1 heterocycles. The zero-order valence-electron chi connectivity index (χ0n) is 12.8. The molecule has 1 saturated heterocycles. The largest absolute Gasteiger partial charge is 0.462 e. The van der Waals surface area contributed by atoms with Gasteiger partial charge in [-0.05, 0) is 46.5 Å². The van der Waals surface area contributed by atoms with Gasteiger partial charge in [-0.25, -0.2) is 4.79 Å². The third-order valence-corrected chi connectivity index (χ3v) is 4.01. The second kappa shape index (κ2) is 5.62. The van der Waals surface area contributed by atoms with E-state index in [0.717, 1.165) is 25.7 Å². The highest BCUT2D eigenvalue weighted by molar-refractivity contribution is 5.69. The van der Waals surface area contributed by atoms with Crippen molar-refractivity contribution in [1.29, 1.82) is 0 Å². The molecule has 5 nitrogen and oxygen atoms in total. The molecule has 0 N–H and O–H groups in total. The van der Waals surface area contributed by atoms with Gasteiger partial charge in [-0.15, -0.1) is 0 Å². The first-order valence-electron chi connectivity index (χ1n) is 7.45. The normalized spacial score (nSPS) is 29.8. The second-order valence-electron chi connectivity index (χ2n) is 6.77. The molecule has 0 aromatic carbocycles. The van der Waals surface area contributed by atoms with E-state index in [9.17, 15) is 9.59 Å². The van der Waals surface area contributed by atoms with Crippen LogP contribution in [-0.4, -0.2) is 41.3 Å².